The van der Waals surface area contributed by atoms with Crippen molar-refractivity contribution in [2.45, 2.75) is 44.7 Å². The fraction of sp³-hybridized carbons (Fsp3) is 0.382. The second-order valence-electron chi connectivity index (χ2n) is 10.7. The predicted molar refractivity (Wildman–Crippen MR) is 166 cm³/mol. The van der Waals surface area contributed by atoms with Crippen molar-refractivity contribution in [3.8, 4) is 0 Å². The summed E-state index contributed by atoms with van der Waals surface area (Å²) in [6.07, 6.45) is 3.92. The van der Waals surface area contributed by atoms with Crippen molar-refractivity contribution < 1.29 is 14.4 Å². The number of rotatable bonds is 11. The molecule has 8 nitrogen and oxygen atoms in total. The Kier molecular flexibility index (Phi) is 12.1. The Morgan fingerprint density at radius 1 is 0.857 bits per heavy atom. The van der Waals surface area contributed by atoms with Crippen LogP contribution in [0.25, 0.3) is 0 Å². The molecule has 1 heterocycles. The monoisotopic (exact) mass is 569 g/mol. The lowest BCUT2D eigenvalue weighted by Gasteiger charge is -2.27. The average molecular weight is 570 g/mol. The van der Waals surface area contributed by atoms with Crippen LogP contribution in [-0.4, -0.2) is 67.9 Å². The molecule has 1 saturated heterocycles. The highest BCUT2D eigenvalue weighted by Crippen LogP contribution is 2.40. The summed E-state index contributed by atoms with van der Waals surface area (Å²) in [6, 6.07) is 27.7. The fourth-order valence-electron chi connectivity index (χ4n) is 4.92. The lowest BCUT2D eigenvalue weighted by atomic mass is 10.1. The first kappa shape index (κ1) is 30.9. The number of hydrogen-bond acceptors (Lipinski definition) is 5. The van der Waals surface area contributed by atoms with Crippen molar-refractivity contribution in [2.75, 3.05) is 39.3 Å². The molecule has 1 aliphatic heterocycles. The van der Waals surface area contributed by atoms with Crippen molar-refractivity contribution in [1.29, 1.82) is 0 Å². The molecule has 2 atom stereocenters. The van der Waals surface area contributed by atoms with Gasteiger partial charge in [0.05, 0.1) is 6.54 Å². The molecule has 3 aromatic carbocycles. The molecule has 0 spiro atoms. The van der Waals surface area contributed by atoms with Crippen LogP contribution in [0.4, 0.5) is 0 Å². The number of carbonyl (C=O) groups is 3. The highest BCUT2D eigenvalue weighted by molar-refractivity contribution is 6.00. The summed E-state index contributed by atoms with van der Waals surface area (Å²) in [5, 5.41) is 12.2. The molecular weight excluding hydrogens is 526 g/mol. The number of carbonyl (C=O) groups excluding carboxylic acids is 3. The third-order valence-electron chi connectivity index (χ3n) is 7.47. The summed E-state index contributed by atoms with van der Waals surface area (Å²) in [6.45, 7) is 6.54. The van der Waals surface area contributed by atoms with E-state index in [9.17, 15) is 14.4 Å². The van der Waals surface area contributed by atoms with Crippen molar-refractivity contribution >= 4 is 17.7 Å². The molecule has 5 rings (SSSR count). The molecule has 3 aromatic rings. The van der Waals surface area contributed by atoms with Crippen LogP contribution < -0.4 is 21.3 Å². The maximum absolute atomic E-state index is 12.6. The first-order chi connectivity index (χ1) is 20.5. The van der Waals surface area contributed by atoms with E-state index >= 15 is 0 Å². The van der Waals surface area contributed by atoms with Crippen LogP contribution in [0.3, 0.4) is 0 Å². The highest BCUT2D eigenvalue weighted by atomic mass is 16.2. The summed E-state index contributed by atoms with van der Waals surface area (Å²) in [5.41, 5.74) is 3.32. The first-order valence-corrected chi connectivity index (χ1v) is 15.0. The third kappa shape index (κ3) is 9.82. The van der Waals surface area contributed by atoms with Gasteiger partial charge in [-0.25, -0.2) is 0 Å². The van der Waals surface area contributed by atoms with Crippen molar-refractivity contribution in [1.82, 2.24) is 26.2 Å². The Morgan fingerprint density at radius 2 is 1.55 bits per heavy atom. The van der Waals surface area contributed by atoms with E-state index in [0.29, 0.717) is 30.8 Å². The molecule has 2 fully saturated rings. The van der Waals surface area contributed by atoms with Gasteiger partial charge in [-0.3, -0.25) is 14.4 Å². The number of piperazine rings is 1. The lowest BCUT2D eigenvalue weighted by Crippen LogP contribution is -2.46. The number of amides is 3. The first-order valence-electron chi connectivity index (χ1n) is 15.0. The summed E-state index contributed by atoms with van der Waals surface area (Å²) < 4.78 is 0. The molecule has 2 aliphatic rings. The van der Waals surface area contributed by atoms with E-state index in [1.807, 2.05) is 30.3 Å². The van der Waals surface area contributed by atoms with Gasteiger partial charge in [0.25, 0.3) is 11.8 Å². The molecule has 4 N–H and O–H groups in total. The molecule has 3 amide bonds. The Morgan fingerprint density at radius 3 is 2.26 bits per heavy atom. The summed E-state index contributed by atoms with van der Waals surface area (Å²) in [7, 11) is 0. The van der Waals surface area contributed by atoms with Gasteiger partial charge in [-0.1, -0.05) is 80.1 Å². The van der Waals surface area contributed by atoms with E-state index in [2.05, 4.69) is 58.5 Å². The van der Waals surface area contributed by atoms with E-state index in [1.54, 1.807) is 29.2 Å². The zero-order valence-corrected chi connectivity index (χ0v) is 24.5. The molecule has 8 heteroatoms. The molecular formula is C34H43N5O3. The minimum Gasteiger partial charge on any atom is -0.350 e. The SMILES string of the molecule is CCCCNC1CC1c1ccccc1.O=C(CNC(=O)c1cccc(C(=O)N2CCNCC2)c1)NCc1ccccc1. The van der Waals surface area contributed by atoms with Gasteiger partial charge in [-0.2, -0.15) is 0 Å². The fourth-order valence-corrected chi connectivity index (χ4v) is 4.92. The Bertz CT molecular complexity index is 1280. The quantitative estimate of drug-likeness (QED) is 0.264. The Labute approximate surface area is 249 Å². The van der Waals surface area contributed by atoms with Gasteiger partial charge in [0.2, 0.25) is 5.91 Å². The van der Waals surface area contributed by atoms with Gasteiger partial charge in [0.15, 0.2) is 0 Å². The van der Waals surface area contributed by atoms with Gasteiger partial charge in [0, 0.05) is 55.8 Å². The van der Waals surface area contributed by atoms with Gasteiger partial charge in [0.1, 0.15) is 0 Å². The van der Waals surface area contributed by atoms with Crippen molar-refractivity contribution in [3.05, 3.63) is 107 Å². The molecule has 0 bridgehead atoms. The van der Waals surface area contributed by atoms with Crippen LogP contribution in [0.15, 0.2) is 84.9 Å². The van der Waals surface area contributed by atoms with Crippen LogP contribution in [0.2, 0.25) is 0 Å². The van der Waals surface area contributed by atoms with Crippen molar-refractivity contribution in [2.24, 2.45) is 0 Å². The van der Waals surface area contributed by atoms with Gasteiger partial charge in [-0.05, 0) is 48.7 Å². The molecule has 0 aromatic heterocycles. The van der Waals surface area contributed by atoms with Gasteiger partial charge in [-0.15, -0.1) is 0 Å². The summed E-state index contributed by atoms with van der Waals surface area (Å²) in [5.74, 6) is 0.0416. The van der Waals surface area contributed by atoms with E-state index in [0.717, 1.165) is 30.6 Å². The molecule has 0 radical (unpaired) electrons. The second kappa shape index (κ2) is 16.4. The minimum absolute atomic E-state index is 0.0863. The number of nitrogens with zero attached hydrogens (tertiary/aromatic N) is 1. The molecule has 1 saturated carbocycles. The normalized spacial score (nSPS) is 17.4. The zero-order valence-electron chi connectivity index (χ0n) is 24.5. The number of nitrogens with one attached hydrogen (secondary N) is 4. The standard InChI is InChI=1S/C21H24N4O3.C13H19N/c26-19(23-14-16-5-2-1-3-6-16)15-24-20(27)17-7-4-8-18(13-17)21(28)25-11-9-22-10-12-25;1-2-3-9-14-13-10-12(13)11-7-5-4-6-8-11/h1-8,13,22H,9-12,14-15H2,(H,23,26)(H,24,27);4-8,12-14H,2-3,9-10H2,1H3. The second-order valence-corrected chi connectivity index (χ2v) is 10.7. The van der Waals surface area contributed by atoms with E-state index in [4.69, 9.17) is 0 Å². The lowest BCUT2D eigenvalue weighted by molar-refractivity contribution is -0.120. The highest BCUT2D eigenvalue weighted by Gasteiger charge is 2.37. The largest absolute Gasteiger partial charge is 0.350 e. The number of benzene rings is 3. The third-order valence-corrected chi connectivity index (χ3v) is 7.47. The van der Waals surface area contributed by atoms with Crippen molar-refractivity contribution in [3.63, 3.8) is 0 Å². The van der Waals surface area contributed by atoms with Crippen LogP contribution in [0, 0.1) is 0 Å². The predicted octanol–water partition coefficient (Wildman–Crippen LogP) is 3.71. The van der Waals surface area contributed by atoms with Crippen LogP contribution in [0.5, 0.6) is 0 Å². The Hall–Kier alpha value is -4.01. The summed E-state index contributed by atoms with van der Waals surface area (Å²) in [4.78, 5) is 38.6. The number of unbranched alkanes of at least 4 members (excludes halogenated alkanes) is 1. The van der Waals surface area contributed by atoms with E-state index < -0.39 is 0 Å². The minimum atomic E-state index is -0.384. The van der Waals surface area contributed by atoms with Gasteiger partial charge < -0.3 is 26.2 Å². The molecule has 1 aliphatic carbocycles. The average Bonchev–Trinajstić information content (AvgIpc) is 3.84. The Balaban J connectivity index is 0.000000241. The van der Waals surface area contributed by atoms with Crippen LogP contribution >= 0.6 is 0 Å². The smallest absolute Gasteiger partial charge is 0.253 e. The molecule has 2 unspecified atom stereocenters. The van der Waals surface area contributed by atoms with Crippen LogP contribution in [-0.2, 0) is 11.3 Å². The molecule has 222 valence electrons. The van der Waals surface area contributed by atoms with Crippen LogP contribution in [0.1, 0.15) is 63.9 Å². The molecule has 42 heavy (non-hydrogen) atoms. The topological polar surface area (TPSA) is 103 Å². The zero-order chi connectivity index (χ0) is 29.6. The number of hydrogen-bond donors (Lipinski definition) is 4. The van der Waals surface area contributed by atoms with Gasteiger partial charge >= 0.3 is 0 Å². The summed E-state index contributed by atoms with van der Waals surface area (Å²) >= 11 is 0. The maximum Gasteiger partial charge on any atom is 0.253 e. The van der Waals surface area contributed by atoms with E-state index in [1.165, 1.54) is 31.4 Å². The maximum atomic E-state index is 12.6. The van der Waals surface area contributed by atoms with E-state index in [-0.39, 0.29) is 24.3 Å².